The monoisotopic (exact) mass is 1040 g/mol. The molecule has 0 aliphatic carbocycles. The number of hydrogen-bond acceptors (Lipinski definition) is 10. The molecule has 428 valence electrons. The van der Waals surface area contributed by atoms with Gasteiger partial charge in [-0.05, 0) is 96.3 Å². The molecule has 8 unspecified atom stereocenters. The fourth-order valence-corrected chi connectivity index (χ4v) is 8.98. The van der Waals surface area contributed by atoms with E-state index < -0.39 is 67.4 Å². The van der Waals surface area contributed by atoms with Gasteiger partial charge >= 0.3 is 5.97 Å². The van der Waals surface area contributed by atoms with E-state index in [1.807, 2.05) is 6.08 Å². The Labute approximate surface area is 451 Å². The lowest BCUT2D eigenvalue weighted by atomic mass is 9.99. The molecular weight excluding hydrogens is 931 g/mol. The summed E-state index contributed by atoms with van der Waals surface area (Å²) in [6.45, 7) is 5.71. The first-order chi connectivity index (χ1) is 36.2. The molecule has 0 aromatic rings. The highest BCUT2D eigenvalue weighted by molar-refractivity contribution is 5.80. The van der Waals surface area contributed by atoms with Crippen LogP contribution in [0.4, 0.5) is 0 Å². The maximum atomic E-state index is 13.4. The molecule has 0 saturated carbocycles. The number of carbonyl (C=O) groups excluding carboxylic acids is 2. The van der Waals surface area contributed by atoms with Crippen molar-refractivity contribution in [3.63, 3.8) is 0 Å². The Kier molecular flexibility index (Phi) is 47.5. The van der Waals surface area contributed by atoms with Crippen LogP contribution in [0.1, 0.15) is 252 Å². The maximum absolute atomic E-state index is 13.4. The second-order valence-electron chi connectivity index (χ2n) is 20.7. The minimum atomic E-state index is -1.62. The van der Waals surface area contributed by atoms with E-state index in [-0.39, 0.29) is 19.4 Å². The fourth-order valence-electron chi connectivity index (χ4n) is 8.98. The minimum Gasteiger partial charge on any atom is -0.454 e. The molecule has 1 amide bonds. The second-order valence-corrected chi connectivity index (χ2v) is 20.7. The summed E-state index contributed by atoms with van der Waals surface area (Å²) in [5.74, 6) is -1.23. The van der Waals surface area contributed by atoms with Gasteiger partial charge in [-0.25, -0.2) is 0 Å². The molecule has 8 atom stereocenters. The van der Waals surface area contributed by atoms with Crippen molar-refractivity contribution in [3.8, 4) is 0 Å². The SMILES string of the molecule is CCCCC/C=C\C/C=C\C/C=C\CCCCCC(O)C(=O)NC(COC1OC(CO)C(O)C(O)C1OC(=O)CCCCCCCCC/C=C\C/C=C\CCCCC)C(O)/C=C/CCCCCCCCCCCC. The molecule has 0 radical (unpaired) electrons. The number of carbonyl (C=O) groups is 2. The zero-order chi connectivity index (χ0) is 54.0. The predicted molar refractivity (Wildman–Crippen MR) is 306 cm³/mol. The van der Waals surface area contributed by atoms with E-state index in [0.717, 1.165) is 96.3 Å². The average molecular weight is 1040 g/mol. The van der Waals surface area contributed by atoms with E-state index in [4.69, 9.17) is 14.2 Å². The summed E-state index contributed by atoms with van der Waals surface area (Å²) in [5.41, 5.74) is 0. The van der Waals surface area contributed by atoms with Crippen molar-refractivity contribution in [2.75, 3.05) is 13.2 Å². The van der Waals surface area contributed by atoms with Crippen LogP contribution in [-0.2, 0) is 23.8 Å². The van der Waals surface area contributed by atoms with Gasteiger partial charge in [0.15, 0.2) is 12.4 Å². The zero-order valence-corrected chi connectivity index (χ0v) is 47.2. The number of nitrogens with one attached hydrogen (secondary N) is 1. The van der Waals surface area contributed by atoms with Crippen molar-refractivity contribution in [2.45, 2.75) is 301 Å². The number of allylic oxidation sites excluding steroid dienone is 11. The van der Waals surface area contributed by atoms with Gasteiger partial charge in [-0.2, -0.15) is 0 Å². The van der Waals surface area contributed by atoms with E-state index in [2.05, 4.69) is 86.8 Å². The number of esters is 1. The van der Waals surface area contributed by atoms with Crippen LogP contribution >= 0.6 is 0 Å². The molecule has 11 nitrogen and oxygen atoms in total. The first kappa shape index (κ1) is 69.1. The molecule has 11 heteroatoms. The third-order valence-corrected chi connectivity index (χ3v) is 13.8. The van der Waals surface area contributed by atoms with Crippen molar-refractivity contribution in [1.82, 2.24) is 5.32 Å². The lowest BCUT2D eigenvalue weighted by Crippen LogP contribution is -2.61. The van der Waals surface area contributed by atoms with Gasteiger partial charge in [0.1, 0.15) is 24.4 Å². The largest absolute Gasteiger partial charge is 0.454 e. The Morgan fingerprint density at radius 2 is 0.932 bits per heavy atom. The van der Waals surface area contributed by atoms with Crippen LogP contribution < -0.4 is 5.32 Å². The van der Waals surface area contributed by atoms with Crippen LogP contribution in [-0.4, -0.2) is 99.6 Å². The number of unbranched alkanes of at least 4 members (excludes halogenated alkanes) is 26. The van der Waals surface area contributed by atoms with Crippen molar-refractivity contribution < 1.29 is 49.3 Å². The van der Waals surface area contributed by atoms with E-state index in [1.165, 1.54) is 109 Å². The Morgan fingerprint density at radius 1 is 0.527 bits per heavy atom. The van der Waals surface area contributed by atoms with Gasteiger partial charge < -0.3 is 45.1 Å². The molecule has 0 aromatic carbocycles. The quantitative estimate of drug-likeness (QED) is 0.0195. The number of aliphatic hydroxyl groups excluding tert-OH is 5. The van der Waals surface area contributed by atoms with E-state index in [9.17, 15) is 35.1 Å². The summed E-state index contributed by atoms with van der Waals surface area (Å²) in [4.78, 5) is 26.5. The molecule has 0 bridgehead atoms. The van der Waals surface area contributed by atoms with Gasteiger partial charge in [0.25, 0.3) is 0 Å². The van der Waals surface area contributed by atoms with Crippen LogP contribution in [0.3, 0.4) is 0 Å². The summed E-state index contributed by atoms with van der Waals surface area (Å²) in [6, 6.07) is -1.04. The summed E-state index contributed by atoms with van der Waals surface area (Å²) in [7, 11) is 0. The average Bonchev–Trinajstić information content (AvgIpc) is 3.40. The highest BCUT2D eigenvalue weighted by Crippen LogP contribution is 2.26. The van der Waals surface area contributed by atoms with Crippen molar-refractivity contribution >= 4 is 11.9 Å². The molecule has 1 aliphatic rings. The minimum absolute atomic E-state index is 0.109. The van der Waals surface area contributed by atoms with E-state index in [0.29, 0.717) is 12.8 Å². The van der Waals surface area contributed by atoms with Gasteiger partial charge in [-0.1, -0.05) is 222 Å². The molecule has 6 N–H and O–H groups in total. The molecule has 1 rings (SSSR count). The van der Waals surface area contributed by atoms with Crippen LogP contribution in [0.15, 0.2) is 72.9 Å². The van der Waals surface area contributed by atoms with Crippen LogP contribution in [0, 0.1) is 0 Å². The number of amides is 1. The Hall–Kier alpha value is -2.90. The van der Waals surface area contributed by atoms with E-state index in [1.54, 1.807) is 6.08 Å². The number of aliphatic hydroxyl groups is 5. The first-order valence-electron chi connectivity index (χ1n) is 30.2. The first-order valence-corrected chi connectivity index (χ1v) is 30.2. The molecule has 74 heavy (non-hydrogen) atoms. The van der Waals surface area contributed by atoms with Gasteiger partial charge in [0, 0.05) is 6.42 Å². The molecule has 0 spiro atoms. The van der Waals surface area contributed by atoms with Crippen molar-refractivity contribution in [1.29, 1.82) is 0 Å². The molecule has 0 aromatic heterocycles. The van der Waals surface area contributed by atoms with Gasteiger partial charge in [-0.3, -0.25) is 9.59 Å². The summed E-state index contributed by atoms with van der Waals surface area (Å²) in [6.07, 6.45) is 53.6. The predicted octanol–water partition coefficient (Wildman–Crippen LogP) is 14.0. The van der Waals surface area contributed by atoms with E-state index >= 15 is 0 Å². The van der Waals surface area contributed by atoms with Crippen LogP contribution in [0.25, 0.3) is 0 Å². The lowest BCUT2D eigenvalue weighted by molar-refractivity contribution is -0.305. The molecule has 1 saturated heterocycles. The Morgan fingerprint density at radius 3 is 1.42 bits per heavy atom. The Balaban J connectivity index is 2.73. The Bertz CT molecular complexity index is 1480. The highest BCUT2D eigenvalue weighted by atomic mass is 16.7. The smallest absolute Gasteiger partial charge is 0.306 e. The summed E-state index contributed by atoms with van der Waals surface area (Å²) in [5, 5.41) is 56.9. The molecule has 1 heterocycles. The van der Waals surface area contributed by atoms with Crippen molar-refractivity contribution in [2.24, 2.45) is 0 Å². The highest BCUT2D eigenvalue weighted by Gasteiger charge is 2.47. The third-order valence-electron chi connectivity index (χ3n) is 13.8. The van der Waals surface area contributed by atoms with Crippen LogP contribution in [0.5, 0.6) is 0 Å². The normalized spacial score (nSPS) is 19.8. The molecule has 1 fully saturated rings. The number of rotatable bonds is 50. The topological polar surface area (TPSA) is 175 Å². The summed E-state index contributed by atoms with van der Waals surface area (Å²) < 4.78 is 17.6. The number of ether oxygens (including phenoxy) is 3. The van der Waals surface area contributed by atoms with Gasteiger partial charge in [0.2, 0.25) is 5.91 Å². The molecular formula is C63H111NO10. The van der Waals surface area contributed by atoms with Crippen molar-refractivity contribution in [3.05, 3.63) is 72.9 Å². The van der Waals surface area contributed by atoms with Crippen LogP contribution in [0.2, 0.25) is 0 Å². The standard InChI is InChI=1S/C63H111NO10/c1-4-7-10-13-16-19-22-25-27-29-31-33-36-39-42-45-48-51-58(68)74-61-60(70)59(69)57(52-65)73-63(61)72-53-54(55(66)49-46-43-40-37-34-24-21-18-15-12-9-6-3)64-62(71)56(67)50-47-44-41-38-35-32-30-28-26-23-20-17-14-11-8-5-2/h16-17,19-20,25-28,32,35,46,49,54-57,59-61,63,65-67,69-70H,4-15,18,21-24,29-31,33-34,36-45,47-48,50-53H2,1-3H3,(H,64,71)/b19-16-,20-17-,27-25-,28-26-,35-32-,49-46+. The maximum Gasteiger partial charge on any atom is 0.306 e. The summed E-state index contributed by atoms with van der Waals surface area (Å²) >= 11 is 0. The lowest BCUT2D eigenvalue weighted by Gasteiger charge is -2.41. The molecule has 1 aliphatic heterocycles. The van der Waals surface area contributed by atoms with Gasteiger partial charge in [-0.15, -0.1) is 0 Å². The van der Waals surface area contributed by atoms with Gasteiger partial charge in [0.05, 0.1) is 25.4 Å². The zero-order valence-electron chi connectivity index (χ0n) is 47.2. The second kappa shape index (κ2) is 50.9. The number of hydrogen-bond donors (Lipinski definition) is 6. The third kappa shape index (κ3) is 38.6. The fraction of sp³-hybridized carbons (Fsp3) is 0.778.